The minimum atomic E-state index is -4.67. The molecule has 90 valence electrons. The number of halogens is 4. The molecule has 1 aromatic heterocycles. The van der Waals surface area contributed by atoms with Crippen LogP contribution in [0.5, 0.6) is 5.75 Å². The molecule has 1 aromatic carbocycles. The average Bonchev–Trinajstić information content (AvgIpc) is 2.63. The highest BCUT2D eigenvalue weighted by Gasteiger charge is 2.30. The minimum absolute atomic E-state index is 0.257. The summed E-state index contributed by atoms with van der Waals surface area (Å²) < 4.78 is 41.7. The number of nitrogens with zero attached hydrogens (tertiary/aromatic N) is 2. The lowest BCUT2D eigenvalue weighted by Gasteiger charge is -2.09. The molecule has 3 nitrogen and oxygen atoms in total. The fourth-order valence-electron chi connectivity index (χ4n) is 1.25. The summed E-state index contributed by atoms with van der Waals surface area (Å²) in [7, 11) is 0. The van der Waals surface area contributed by atoms with Crippen molar-refractivity contribution in [2.45, 2.75) is 6.36 Å². The third kappa shape index (κ3) is 3.23. The molecule has 0 N–H and O–H groups in total. The van der Waals surface area contributed by atoms with E-state index in [0.717, 1.165) is 0 Å². The molecule has 1 heterocycles. The van der Waals surface area contributed by atoms with E-state index in [1.54, 1.807) is 12.3 Å². The van der Waals surface area contributed by atoms with Crippen LogP contribution < -0.4 is 4.74 Å². The van der Waals surface area contributed by atoms with Crippen molar-refractivity contribution < 1.29 is 17.9 Å². The molecule has 0 aliphatic carbocycles. The summed E-state index contributed by atoms with van der Waals surface area (Å²) in [5.74, 6) is -0.257. The van der Waals surface area contributed by atoms with Gasteiger partial charge >= 0.3 is 6.36 Å². The number of hydrogen-bond acceptors (Lipinski definition) is 2. The molecule has 0 saturated heterocycles. The van der Waals surface area contributed by atoms with Crippen LogP contribution in [-0.2, 0) is 0 Å². The lowest BCUT2D eigenvalue weighted by molar-refractivity contribution is -0.274. The van der Waals surface area contributed by atoms with Crippen LogP contribution in [0.4, 0.5) is 13.2 Å². The quantitative estimate of drug-likeness (QED) is 0.848. The van der Waals surface area contributed by atoms with Crippen LogP contribution >= 0.6 is 15.9 Å². The van der Waals surface area contributed by atoms with Crippen molar-refractivity contribution in [2.75, 3.05) is 0 Å². The van der Waals surface area contributed by atoms with Crippen molar-refractivity contribution in [3.05, 3.63) is 41.1 Å². The van der Waals surface area contributed by atoms with Gasteiger partial charge in [-0.25, -0.2) is 4.68 Å². The average molecular weight is 307 g/mol. The molecule has 0 aliphatic heterocycles. The first kappa shape index (κ1) is 12.0. The Labute approximate surface area is 103 Å². The van der Waals surface area contributed by atoms with E-state index >= 15 is 0 Å². The molecule has 0 unspecified atom stereocenters. The monoisotopic (exact) mass is 306 g/mol. The zero-order valence-corrected chi connectivity index (χ0v) is 9.86. The van der Waals surface area contributed by atoms with Crippen LogP contribution in [0, 0.1) is 0 Å². The fraction of sp³-hybridized carbons (Fsp3) is 0.100. The van der Waals surface area contributed by atoms with E-state index in [2.05, 4.69) is 25.8 Å². The predicted octanol–water partition coefficient (Wildman–Crippen LogP) is 3.53. The van der Waals surface area contributed by atoms with Crippen molar-refractivity contribution in [1.29, 1.82) is 0 Å². The molecular formula is C10H6BrF3N2O. The summed E-state index contributed by atoms with van der Waals surface area (Å²) in [6.45, 7) is 0. The Bertz CT molecular complexity index is 507. The summed E-state index contributed by atoms with van der Waals surface area (Å²) in [5, 5.41) is 4.06. The Balaban J connectivity index is 2.19. The Morgan fingerprint density at radius 3 is 2.24 bits per heavy atom. The zero-order valence-electron chi connectivity index (χ0n) is 8.28. The Kier molecular flexibility index (Phi) is 3.10. The van der Waals surface area contributed by atoms with E-state index in [-0.39, 0.29) is 5.75 Å². The summed E-state index contributed by atoms with van der Waals surface area (Å²) in [6, 6.07) is 7.16. The van der Waals surface area contributed by atoms with Gasteiger partial charge in [-0.1, -0.05) is 0 Å². The first-order chi connectivity index (χ1) is 7.94. The van der Waals surface area contributed by atoms with Crippen LogP contribution in [0.15, 0.2) is 41.1 Å². The van der Waals surface area contributed by atoms with E-state index in [1.165, 1.54) is 28.9 Å². The molecule has 0 spiro atoms. The van der Waals surface area contributed by atoms with Crippen LogP contribution in [0.1, 0.15) is 0 Å². The minimum Gasteiger partial charge on any atom is -0.406 e. The summed E-state index contributed by atoms with van der Waals surface area (Å²) in [5.41, 5.74) is 0.644. The van der Waals surface area contributed by atoms with Gasteiger partial charge in [0.15, 0.2) is 0 Å². The SMILES string of the molecule is FC(F)(F)Oc1ccc(-n2ccc(Br)n2)cc1. The molecule has 2 aromatic rings. The molecule has 17 heavy (non-hydrogen) atoms. The first-order valence-corrected chi connectivity index (χ1v) is 5.31. The summed E-state index contributed by atoms with van der Waals surface area (Å²) in [6.07, 6.45) is -2.99. The Hall–Kier alpha value is -1.50. The highest BCUT2D eigenvalue weighted by Crippen LogP contribution is 2.23. The van der Waals surface area contributed by atoms with Crippen LogP contribution in [0.25, 0.3) is 5.69 Å². The molecule has 0 aliphatic rings. The van der Waals surface area contributed by atoms with Crippen molar-refractivity contribution in [3.8, 4) is 11.4 Å². The van der Waals surface area contributed by atoms with Crippen molar-refractivity contribution in [1.82, 2.24) is 9.78 Å². The van der Waals surface area contributed by atoms with E-state index in [4.69, 9.17) is 0 Å². The van der Waals surface area contributed by atoms with Gasteiger partial charge in [0.25, 0.3) is 0 Å². The topological polar surface area (TPSA) is 27.1 Å². The molecule has 0 saturated carbocycles. The van der Waals surface area contributed by atoms with Gasteiger partial charge in [-0.3, -0.25) is 0 Å². The Morgan fingerprint density at radius 1 is 1.12 bits per heavy atom. The molecule has 0 fully saturated rings. The highest BCUT2D eigenvalue weighted by atomic mass is 79.9. The number of benzene rings is 1. The van der Waals surface area contributed by atoms with Gasteiger partial charge in [-0.2, -0.15) is 5.10 Å². The van der Waals surface area contributed by atoms with Gasteiger partial charge in [0, 0.05) is 6.20 Å². The van der Waals surface area contributed by atoms with Crippen molar-refractivity contribution >= 4 is 15.9 Å². The van der Waals surface area contributed by atoms with Crippen LogP contribution in [0.3, 0.4) is 0 Å². The molecule has 7 heteroatoms. The maximum Gasteiger partial charge on any atom is 0.573 e. The van der Waals surface area contributed by atoms with Crippen LogP contribution in [0.2, 0.25) is 0 Å². The standard InChI is InChI=1S/C10H6BrF3N2O/c11-9-5-6-16(15-9)7-1-3-8(4-2-7)17-10(12,13)14/h1-6H. The smallest absolute Gasteiger partial charge is 0.406 e. The predicted molar refractivity (Wildman–Crippen MR) is 57.9 cm³/mol. The largest absolute Gasteiger partial charge is 0.573 e. The number of ether oxygens (including phenoxy) is 1. The van der Waals surface area contributed by atoms with Gasteiger partial charge < -0.3 is 4.74 Å². The molecule has 0 amide bonds. The molecular weight excluding hydrogens is 301 g/mol. The van der Waals surface area contributed by atoms with Gasteiger partial charge in [-0.05, 0) is 46.3 Å². The van der Waals surface area contributed by atoms with E-state index in [9.17, 15) is 13.2 Å². The molecule has 0 radical (unpaired) electrons. The lowest BCUT2D eigenvalue weighted by Crippen LogP contribution is -2.17. The number of aromatic nitrogens is 2. The second-order valence-corrected chi connectivity index (χ2v) is 3.94. The van der Waals surface area contributed by atoms with E-state index < -0.39 is 6.36 Å². The van der Waals surface area contributed by atoms with Gasteiger partial charge in [-0.15, -0.1) is 13.2 Å². The number of hydrogen-bond donors (Lipinski definition) is 0. The zero-order chi connectivity index (χ0) is 12.5. The van der Waals surface area contributed by atoms with E-state index in [1.807, 2.05) is 0 Å². The summed E-state index contributed by atoms with van der Waals surface area (Å²) in [4.78, 5) is 0. The van der Waals surface area contributed by atoms with Crippen molar-refractivity contribution in [3.63, 3.8) is 0 Å². The number of alkyl halides is 3. The molecule has 0 bridgehead atoms. The van der Waals surface area contributed by atoms with Gasteiger partial charge in [0.05, 0.1) is 5.69 Å². The van der Waals surface area contributed by atoms with Gasteiger partial charge in [0.2, 0.25) is 0 Å². The maximum absolute atomic E-state index is 11.9. The van der Waals surface area contributed by atoms with Gasteiger partial charge in [0.1, 0.15) is 10.4 Å². The maximum atomic E-state index is 11.9. The van der Waals surface area contributed by atoms with E-state index in [0.29, 0.717) is 10.3 Å². The summed E-state index contributed by atoms with van der Waals surface area (Å²) >= 11 is 3.18. The second kappa shape index (κ2) is 4.40. The third-order valence-electron chi connectivity index (χ3n) is 1.89. The molecule has 2 rings (SSSR count). The van der Waals surface area contributed by atoms with Crippen molar-refractivity contribution in [2.24, 2.45) is 0 Å². The normalized spacial score (nSPS) is 11.5. The molecule has 0 atom stereocenters. The third-order valence-corrected chi connectivity index (χ3v) is 2.31. The van der Waals surface area contributed by atoms with Crippen LogP contribution in [-0.4, -0.2) is 16.1 Å². The Morgan fingerprint density at radius 2 is 1.76 bits per heavy atom. The first-order valence-electron chi connectivity index (χ1n) is 4.51. The fourth-order valence-corrected chi connectivity index (χ4v) is 1.54. The second-order valence-electron chi connectivity index (χ2n) is 3.12. The number of rotatable bonds is 2. The lowest BCUT2D eigenvalue weighted by atomic mass is 10.3. The highest BCUT2D eigenvalue weighted by molar-refractivity contribution is 9.10.